The van der Waals surface area contributed by atoms with Gasteiger partial charge in [-0.15, -0.1) is 10.2 Å². The molecule has 0 aliphatic carbocycles. The largest absolute Gasteiger partial charge is 0.496 e. The van der Waals surface area contributed by atoms with Crippen molar-refractivity contribution in [2.24, 2.45) is 0 Å². The molecule has 5 nitrogen and oxygen atoms in total. The van der Waals surface area contributed by atoms with E-state index in [9.17, 15) is 4.79 Å². The Balaban J connectivity index is 1.74. The Morgan fingerprint density at radius 1 is 1.17 bits per heavy atom. The van der Waals surface area contributed by atoms with Gasteiger partial charge in [-0.2, -0.15) is 0 Å². The number of aromatic nitrogens is 2. The predicted octanol–water partition coefficient (Wildman–Crippen LogP) is 3.85. The molecule has 0 unspecified atom stereocenters. The van der Waals surface area contributed by atoms with E-state index in [0.717, 1.165) is 23.2 Å². The average Bonchev–Trinajstić information content (AvgIpc) is 3.09. The molecule has 23 heavy (non-hydrogen) atoms. The van der Waals surface area contributed by atoms with Gasteiger partial charge in [0, 0.05) is 22.4 Å². The molecule has 1 aromatic heterocycles. The molecule has 0 saturated heterocycles. The average molecular weight is 326 g/mol. The van der Waals surface area contributed by atoms with Crippen molar-refractivity contribution in [1.29, 1.82) is 0 Å². The highest BCUT2D eigenvalue weighted by Gasteiger charge is 2.11. The second-order valence-electron chi connectivity index (χ2n) is 4.72. The molecule has 0 radical (unpaired) electrons. The monoisotopic (exact) mass is 326 g/mol. The van der Waals surface area contributed by atoms with E-state index in [1.165, 1.54) is 11.8 Å². The highest BCUT2D eigenvalue weighted by molar-refractivity contribution is 7.98. The number of hydrogen-bond donors (Lipinski definition) is 0. The van der Waals surface area contributed by atoms with Crippen molar-refractivity contribution in [2.45, 2.75) is 11.0 Å². The van der Waals surface area contributed by atoms with Gasteiger partial charge in [0.05, 0.1) is 7.11 Å². The van der Waals surface area contributed by atoms with Crippen LogP contribution in [0.2, 0.25) is 0 Å². The molecule has 0 bridgehead atoms. The summed E-state index contributed by atoms with van der Waals surface area (Å²) in [5, 5.41) is 8.57. The number of carbonyl (C=O) groups excluding carboxylic acids is 1. The summed E-state index contributed by atoms with van der Waals surface area (Å²) in [5.41, 5.74) is 2.39. The molecule has 0 amide bonds. The Morgan fingerprint density at radius 3 is 2.74 bits per heavy atom. The number of hydrogen-bond acceptors (Lipinski definition) is 6. The Labute approximate surface area is 137 Å². The fourth-order valence-electron chi connectivity index (χ4n) is 2.09. The third-order valence-corrected chi connectivity index (χ3v) is 4.09. The van der Waals surface area contributed by atoms with E-state index in [-0.39, 0.29) is 0 Å². The van der Waals surface area contributed by atoms with Gasteiger partial charge >= 0.3 is 0 Å². The summed E-state index contributed by atoms with van der Waals surface area (Å²) in [7, 11) is 1.60. The summed E-state index contributed by atoms with van der Waals surface area (Å²) in [5.74, 6) is 1.79. The molecule has 6 heteroatoms. The molecule has 0 N–H and O–H groups in total. The Morgan fingerprint density at radius 2 is 2.00 bits per heavy atom. The summed E-state index contributed by atoms with van der Waals surface area (Å²) in [6, 6.07) is 14.9. The highest BCUT2D eigenvalue weighted by atomic mass is 32.2. The zero-order chi connectivity index (χ0) is 16.1. The van der Waals surface area contributed by atoms with E-state index in [1.807, 2.05) is 30.3 Å². The van der Waals surface area contributed by atoms with Gasteiger partial charge in [-0.1, -0.05) is 30.0 Å². The summed E-state index contributed by atoms with van der Waals surface area (Å²) in [6.07, 6.45) is 0.813. The minimum atomic E-state index is 0.474. The number of nitrogens with zero attached hydrogens (tertiary/aromatic N) is 2. The highest BCUT2D eigenvalue weighted by Crippen LogP contribution is 2.29. The third-order valence-electron chi connectivity index (χ3n) is 3.22. The number of carbonyl (C=O) groups is 1. The van der Waals surface area contributed by atoms with Gasteiger partial charge in [-0.05, 0) is 30.3 Å². The van der Waals surface area contributed by atoms with Crippen LogP contribution < -0.4 is 4.74 Å². The van der Waals surface area contributed by atoms with Crippen LogP contribution in [0.15, 0.2) is 58.2 Å². The molecular formula is C17H14N2O3S. The number of methoxy groups -OCH3 is 1. The number of benzene rings is 2. The lowest BCUT2D eigenvalue weighted by Gasteiger charge is -2.07. The first-order chi connectivity index (χ1) is 11.3. The van der Waals surface area contributed by atoms with Crippen LogP contribution in [-0.2, 0) is 5.75 Å². The number of ether oxygens (including phenoxy) is 1. The van der Waals surface area contributed by atoms with Crippen molar-refractivity contribution < 1.29 is 13.9 Å². The summed E-state index contributed by atoms with van der Waals surface area (Å²) < 4.78 is 11.0. The zero-order valence-corrected chi connectivity index (χ0v) is 13.2. The topological polar surface area (TPSA) is 65.2 Å². The van der Waals surface area contributed by atoms with Crippen molar-refractivity contribution in [3.63, 3.8) is 0 Å². The second kappa shape index (κ2) is 7.11. The predicted molar refractivity (Wildman–Crippen MR) is 87.7 cm³/mol. The van der Waals surface area contributed by atoms with Gasteiger partial charge in [0.2, 0.25) is 5.89 Å². The van der Waals surface area contributed by atoms with E-state index in [0.29, 0.717) is 22.4 Å². The minimum Gasteiger partial charge on any atom is -0.496 e. The van der Waals surface area contributed by atoms with Crippen LogP contribution in [0.25, 0.3) is 11.5 Å². The van der Waals surface area contributed by atoms with Crippen molar-refractivity contribution in [3.05, 3.63) is 59.7 Å². The first-order valence-electron chi connectivity index (χ1n) is 6.94. The normalized spacial score (nSPS) is 10.5. The molecule has 2 aromatic carbocycles. The Hall–Kier alpha value is -2.60. The van der Waals surface area contributed by atoms with Crippen LogP contribution in [0.3, 0.4) is 0 Å². The van der Waals surface area contributed by atoms with Gasteiger partial charge in [-0.3, -0.25) is 4.79 Å². The molecule has 0 spiro atoms. The quantitative estimate of drug-likeness (QED) is 0.506. The van der Waals surface area contributed by atoms with Crippen LogP contribution in [0.5, 0.6) is 5.75 Å². The fraction of sp³-hybridized carbons (Fsp3) is 0.118. The Bertz CT molecular complexity index is 803. The second-order valence-corrected chi connectivity index (χ2v) is 5.64. The van der Waals surface area contributed by atoms with Gasteiger partial charge in [0.1, 0.15) is 12.0 Å². The van der Waals surface area contributed by atoms with Crippen LogP contribution in [0, 0.1) is 0 Å². The minimum absolute atomic E-state index is 0.474. The van der Waals surface area contributed by atoms with Crippen molar-refractivity contribution >= 4 is 18.0 Å². The van der Waals surface area contributed by atoms with Crippen LogP contribution in [0.1, 0.15) is 15.9 Å². The van der Waals surface area contributed by atoms with Gasteiger partial charge in [0.15, 0.2) is 0 Å². The van der Waals surface area contributed by atoms with E-state index >= 15 is 0 Å². The lowest BCUT2D eigenvalue weighted by molar-refractivity contribution is 0.112. The lowest BCUT2D eigenvalue weighted by Crippen LogP contribution is -1.92. The van der Waals surface area contributed by atoms with E-state index in [2.05, 4.69) is 10.2 Å². The summed E-state index contributed by atoms with van der Waals surface area (Å²) in [4.78, 5) is 10.9. The molecule has 0 aliphatic rings. The molecule has 1 heterocycles. The molecule has 3 rings (SSSR count). The number of aldehydes is 1. The molecule has 0 atom stereocenters. The van der Waals surface area contributed by atoms with Crippen LogP contribution in [-0.4, -0.2) is 23.6 Å². The Kier molecular flexibility index (Phi) is 4.73. The van der Waals surface area contributed by atoms with Crippen LogP contribution >= 0.6 is 11.8 Å². The molecular weight excluding hydrogens is 312 g/mol. The fourth-order valence-corrected chi connectivity index (χ4v) is 2.83. The maximum Gasteiger partial charge on any atom is 0.277 e. The molecule has 0 saturated carbocycles. The van der Waals surface area contributed by atoms with Crippen LogP contribution in [0.4, 0.5) is 0 Å². The van der Waals surface area contributed by atoms with Gasteiger partial charge < -0.3 is 9.15 Å². The molecule has 116 valence electrons. The van der Waals surface area contributed by atoms with Gasteiger partial charge in [0.25, 0.3) is 5.22 Å². The summed E-state index contributed by atoms with van der Waals surface area (Å²) in [6.45, 7) is 0. The smallest absolute Gasteiger partial charge is 0.277 e. The van der Waals surface area contributed by atoms with Crippen molar-refractivity contribution in [2.75, 3.05) is 7.11 Å². The zero-order valence-electron chi connectivity index (χ0n) is 12.4. The molecule has 3 aromatic rings. The SMILES string of the molecule is COc1ccc(C=O)cc1CSc1nnc(-c2ccccc2)o1. The number of rotatable bonds is 6. The van der Waals surface area contributed by atoms with E-state index in [4.69, 9.17) is 9.15 Å². The van der Waals surface area contributed by atoms with Gasteiger partial charge in [-0.25, -0.2) is 0 Å². The molecule has 0 fully saturated rings. The standard InChI is InChI=1S/C17H14N2O3S/c1-21-15-8-7-12(10-20)9-14(15)11-23-17-19-18-16(22-17)13-5-3-2-4-6-13/h2-10H,11H2,1H3. The molecule has 0 aliphatic heterocycles. The first-order valence-corrected chi connectivity index (χ1v) is 7.92. The first kappa shape index (κ1) is 15.3. The number of thioether (sulfide) groups is 1. The maximum absolute atomic E-state index is 10.9. The van der Waals surface area contributed by atoms with Crippen molar-refractivity contribution in [3.8, 4) is 17.2 Å². The maximum atomic E-state index is 10.9. The third kappa shape index (κ3) is 3.60. The van der Waals surface area contributed by atoms with E-state index < -0.39 is 0 Å². The van der Waals surface area contributed by atoms with E-state index in [1.54, 1.807) is 25.3 Å². The lowest BCUT2D eigenvalue weighted by atomic mass is 10.1. The summed E-state index contributed by atoms with van der Waals surface area (Å²) >= 11 is 1.40. The van der Waals surface area contributed by atoms with Crippen molar-refractivity contribution in [1.82, 2.24) is 10.2 Å².